The van der Waals surface area contributed by atoms with Crippen molar-refractivity contribution < 1.29 is 4.79 Å². The van der Waals surface area contributed by atoms with Gasteiger partial charge in [-0.15, -0.1) is 0 Å². The molecule has 1 fully saturated rings. The number of carbonyl (C=O) groups is 1. The molecule has 4 heteroatoms. The highest BCUT2D eigenvalue weighted by molar-refractivity contribution is 5.77. The van der Waals surface area contributed by atoms with Gasteiger partial charge >= 0.3 is 0 Å². The first-order valence-corrected chi connectivity index (χ1v) is 6.46. The first kappa shape index (κ1) is 13.5. The maximum Gasteiger partial charge on any atom is 0.233 e. The van der Waals surface area contributed by atoms with Crippen molar-refractivity contribution in [2.75, 3.05) is 39.3 Å². The van der Waals surface area contributed by atoms with E-state index in [4.69, 9.17) is 0 Å². The molecule has 1 rings (SSSR count). The number of piperidine rings is 1. The molecule has 0 unspecified atom stereocenters. The van der Waals surface area contributed by atoms with E-state index < -0.39 is 0 Å². The van der Waals surface area contributed by atoms with Gasteiger partial charge in [0.05, 0.1) is 6.54 Å². The van der Waals surface area contributed by atoms with E-state index in [-0.39, 0.29) is 5.91 Å². The fourth-order valence-electron chi connectivity index (χ4n) is 2.07. The summed E-state index contributed by atoms with van der Waals surface area (Å²) < 4.78 is 0. The summed E-state index contributed by atoms with van der Waals surface area (Å²) in [4.78, 5) is 13.9. The Balaban J connectivity index is 2.07. The highest BCUT2D eigenvalue weighted by Gasteiger charge is 2.18. The molecule has 0 saturated carbocycles. The van der Waals surface area contributed by atoms with Crippen LogP contribution < -0.4 is 10.6 Å². The van der Waals surface area contributed by atoms with E-state index in [1.807, 2.05) is 6.92 Å². The van der Waals surface area contributed by atoms with Crippen LogP contribution in [-0.4, -0.2) is 50.1 Å². The first-order valence-electron chi connectivity index (χ1n) is 6.46. The van der Waals surface area contributed by atoms with Crippen LogP contribution in [0, 0.1) is 5.92 Å². The first-order chi connectivity index (χ1) is 7.76. The largest absolute Gasteiger partial charge is 0.355 e. The molecule has 0 aromatic rings. The van der Waals surface area contributed by atoms with Crippen molar-refractivity contribution >= 4 is 5.91 Å². The van der Waals surface area contributed by atoms with Crippen LogP contribution in [0.5, 0.6) is 0 Å². The summed E-state index contributed by atoms with van der Waals surface area (Å²) in [5.41, 5.74) is 0. The minimum Gasteiger partial charge on any atom is -0.355 e. The van der Waals surface area contributed by atoms with Crippen molar-refractivity contribution in [2.24, 2.45) is 5.92 Å². The Kier molecular flexibility index (Phi) is 6.42. The van der Waals surface area contributed by atoms with Gasteiger partial charge in [-0.3, -0.25) is 4.79 Å². The van der Waals surface area contributed by atoms with Crippen molar-refractivity contribution in [3.05, 3.63) is 0 Å². The fraction of sp³-hybridized carbons (Fsp3) is 0.917. The molecule has 1 aliphatic heterocycles. The van der Waals surface area contributed by atoms with Gasteiger partial charge in [-0.25, -0.2) is 0 Å². The molecule has 1 saturated heterocycles. The Morgan fingerprint density at radius 2 is 2.00 bits per heavy atom. The molecule has 0 atom stereocenters. The lowest BCUT2D eigenvalue weighted by molar-refractivity contribution is -0.120. The third-order valence-electron chi connectivity index (χ3n) is 3.28. The quantitative estimate of drug-likeness (QED) is 0.692. The second-order valence-electron chi connectivity index (χ2n) is 4.46. The number of hydrogen-bond donors (Lipinski definition) is 2. The Labute approximate surface area is 98.8 Å². The van der Waals surface area contributed by atoms with E-state index in [9.17, 15) is 4.79 Å². The number of amides is 1. The van der Waals surface area contributed by atoms with Crippen LogP contribution in [0.4, 0.5) is 0 Å². The topological polar surface area (TPSA) is 44.4 Å². The molecule has 0 aromatic carbocycles. The molecule has 94 valence electrons. The summed E-state index contributed by atoms with van der Waals surface area (Å²) in [6.07, 6.45) is 2.44. The Morgan fingerprint density at radius 3 is 2.56 bits per heavy atom. The van der Waals surface area contributed by atoms with Crippen LogP contribution in [0.1, 0.15) is 26.7 Å². The lowest BCUT2D eigenvalue weighted by Crippen LogP contribution is -2.40. The number of likely N-dealkylation sites (N-methyl/N-ethyl adjacent to an activating group) is 1. The van der Waals surface area contributed by atoms with Crippen molar-refractivity contribution in [1.82, 2.24) is 15.5 Å². The molecule has 1 heterocycles. The lowest BCUT2D eigenvalue weighted by atomic mass is 9.97. The van der Waals surface area contributed by atoms with Gasteiger partial charge in [0.2, 0.25) is 5.91 Å². The van der Waals surface area contributed by atoms with Crippen LogP contribution in [0.2, 0.25) is 0 Å². The van der Waals surface area contributed by atoms with Crippen molar-refractivity contribution in [1.29, 1.82) is 0 Å². The maximum absolute atomic E-state index is 11.4. The Hall–Kier alpha value is -0.610. The number of rotatable bonds is 6. The predicted molar refractivity (Wildman–Crippen MR) is 66.4 cm³/mol. The third kappa shape index (κ3) is 4.94. The van der Waals surface area contributed by atoms with E-state index >= 15 is 0 Å². The van der Waals surface area contributed by atoms with E-state index in [0.29, 0.717) is 12.5 Å². The molecule has 16 heavy (non-hydrogen) atoms. The zero-order valence-electron chi connectivity index (χ0n) is 10.6. The van der Waals surface area contributed by atoms with Crippen LogP contribution in [0.25, 0.3) is 0 Å². The summed E-state index contributed by atoms with van der Waals surface area (Å²) in [5, 5.41) is 6.03. The van der Waals surface area contributed by atoms with Gasteiger partial charge in [-0.1, -0.05) is 13.8 Å². The van der Waals surface area contributed by atoms with E-state index in [1.165, 1.54) is 25.9 Å². The van der Waals surface area contributed by atoms with E-state index in [0.717, 1.165) is 19.6 Å². The number of hydrogen-bond acceptors (Lipinski definition) is 3. The Bertz CT molecular complexity index is 200. The fourth-order valence-corrected chi connectivity index (χ4v) is 2.07. The third-order valence-corrected chi connectivity index (χ3v) is 3.28. The number of nitrogens with one attached hydrogen (secondary N) is 2. The molecule has 0 bridgehead atoms. The normalized spacial score (nSPS) is 18.6. The van der Waals surface area contributed by atoms with Gasteiger partial charge in [0.15, 0.2) is 0 Å². The van der Waals surface area contributed by atoms with Gasteiger partial charge < -0.3 is 15.5 Å². The predicted octanol–water partition coefficient (Wildman–Crippen LogP) is 0.444. The van der Waals surface area contributed by atoms with Crippen LogP contribution in [0.15, 0.2) is 0 Å². The summed E-state index contributed by atoms with van der Waals surface area (Å²) in [6, 6.07) is 0. The minimum absolute atomic E-state index is 0.125. The standard InChI is InChI=1S/C12H25N3O/c1-3-13-10-12(16)14-9-11-5-7-15(4-2)8-6-11/h11,13H,3-10H2,1-2H3,(H,14,16). The minimum atomic E-state index is 0.125. The Morgan fingerprint density at radius 1 is 1.31 bits per heavy atom. The molecule has 1 amide bonds. The SMILES string of the molecule is CCNCC(=O)NCC1CCN(CC)CC1. The van der Waals surface area contributed by atoms with Crippen molar-refractivity contribution in [3.8, 4) is 0 Å². The van der Waals surface area contributed by atoms with Gasteiger partial charge in [0.1, 0.15) is 0 Å². The monoisotopic (exact) mass is 227 g/mol. The highest BCUT2D eigenvalue weighted by Crippen LogP contribution is 2.15. The number of nitrogens with zero attached hydrogens (tertiary/aromatic N) is 1. The van der Waals surface area contributed by atoms with Crippen LogP contribution in [-0.2, 0) is 4.79 Å². The summed E-state index contributed by atoms with van der Waals surface area (Å²) >= 11 is 0. The molecular weight excluding hydrogens is 202 g/mol. The van der Waals surface area contributed by atoms with Gasteiger partial charge in [-0.2, -0.15) is 0 Å². The van der Waals surface area contributed by atoms with Crippen LogP contribution in [0.3, 0.4) is 0 Å². The smallest absolute Gasteiger partial charge is 0.233 e. The maximum atomic E-state index is 11.4. The van der Waals surface area contributed by atoms with Crippen molar-refractivity contribution in [2.45, 2.75) is 26.7 Å². The number of likely N-dealkylation sites (tertiary alicyclic amines) is 1. The summed E-state index contributed by atoms with van der Waals surface area (Å²) in [6.45, 7) is 9.88. The lowest BCUT2D eigenvalue weighted by Gasteiger charge is -2.31. The molecule has 0 spiro atoms. The van der Waals surface area contributed by atoms with Crippen molar-refractivity contribution in [3.63, 3.8) is 0 Å². The highest BCUT2D eigenvalue weighted by atomic mass is 16.1. The average Bonchev–Trinajstić information content (AvgIpc) is 2.34. The molecule has 2 N–H and O–H groups in total. The zero-order valence-corrected chi connectivity index (χ0v) is 10.6. The molecule has 0 aliphatic carbocycles. The molecule has 4 nitrogen and oxygen atoms in total. The summed E-state index contributed by atoms with van der Waals surface area (Å²) in [5.74, 6) is 0.799. The second kappa shape index (κ2) is 7.63. The van der Waals surface area contributed by atoms with E-state index in [2.05, 4.69) is 22.5 Å². The van der Waals surface area contributed by atoms with Crippen LogP contribution >= 0.6 is 0 Å². The summed E-state index contributed by atoms with van der Waals surface area (Å²) in [7, 11) is 0. The second-order valence-corrected chi connectivity index (χ2v) is 4.46. The number of carbonyl (C=O) groups excluding carboxylic acids is 1. The molecular formula is C12H25N3O. The zero-order chi connectivity index (χ0) is 11.8. The van der Waals surface area contributed by atoms with Gasteiger partial charge in [0, 0.05) is 6.54 Å². The molecule has 1 aliphatic rings. The molecule has 0 aromatic heterocycles. The van der Waals surface area contributed by atoms with Gasteiger partial charge in [0.25, 0.3) is 0 Å². The van der Waals surface area contributed by atoms with E-state index in [1.54, 1.807) is 0 Å². The average molecular weight is 227 g/mol. The van der Waals surface area contributed by atoms with Gasteiger partial charge in [-0.05, 0) is 44.9 Å². The molecule has 0 radical (unpaired) electrons.